The smallest absolute Gasteiger partial charge is 0.349 e. The van der Waals surface area contributed by atoms with Crippen molar-refractivity contribution in [2.24, 2.45) is 5.41 Å². The van der Waals surface area contributed by atoms with E-state index < -0.39 is 23.9 Å². The molecule has 0 radical (unpaired) electrons. The molecular weight excluding hydrogens is 259 g/mol. The number of nitrogens with one attached hydrogen (secondary N) is 1. The van der Waals surface area contributed by atoms with Gasteiger partial charge in [-0.15, -0.1) is 0 Å². The van der Waals surface area contributed by atoms with Crippen LogP contribution in [0.2, 0.25) is 0 Å². The molecule has 0 saturated heterocycles. The highest BCUT2D eigenvalue weighted by atomic mass is 19.4. The van der Waals surface area contributed by atoms with Gasteiger partial charge in [0.15, 0.2) is 5.78 Å². The van der Waals surface area contributed by atoms with Crippen LogP contribution in [0.15, 0.2) is 11.6 Å². The van der Waals surface area contributed by atoms with Crippen LogP contribution in [0, 0.1) is 5.41 Å². The molecule has 0 atom stereocenters. The van der Waals surface area contributed by atoms with Crippen LogP contribution < -0.4 is 5.32 Å². The number of carbonyl (C=O) groups excluding carboxylic acids is 2. The van der Waals surface area contributed by atoms with Gasteiger partial charge in [0.05, 0.1) is 12.0 Å². The maximum atomic E-state index is 12.6. The topological polar surface area (TPSA) is 46.2 Å². The molecule has 1 N–H and O–H groups in total. The van der Waals surface area contributed by atoms with Crippen molar-refractivity contribution in [3.63, 3.8) is 0 Å². The van der Waals surface area contributed by atoms with Crippen molar-refractivity contribution >= 4 is 11.7 Å². The summed E-state index contributed by atoms with van der Waals surface area (Å²) in [5, 5.41) is 2.26. The van der Waals surface area contributed by atoms with Gasteiger partial charge in [-0.1, -0.05) is 11.6 Å². The molecule has 1 fully saturated rings. The lowest BCUT2D eigenvalue weighted by Gasteiger charge is -2.18. The molecule has 0 aliphatic heterocycles. The Labute approximate surface area is 110 Å². The van der Waals surface area contributed by atoms with Crippen LogP contribution in [-0.4, -0.2) is 24.4 Å². The van der Waals surface area contributed by atoms with Crippen LogP contribution in [-0.2, 0) is 9.59 Å². The number of allylic oxidation sites excluding steroid dienone is 2. The van der Waals surface area contributed by atoms with Gasteiger partial charge >= 0.3 is 6.18 Å². The van der Waals surface area contributed by atoms with Gasteiger partial charge in [-0.05, 0) is 26.7 Å². The van der Waals surface area contributed by atoms with E-state index in [9.17, 15) is 22.8 Å². The third kappa shape index (κ3) is 4.36. The lowest BCUT2D eigenvalue weighted by atomic mass is 10.0. The van der Waals surface area contributed by atoms with E-state index in [1.54, 1.807) is 19.9 Å². The molecule has 0 aromatic carbocycles. The van der Waals surface area contributed by atoms with Gasteiger partial charge in [0.2, 0.25) is 5.91 Å². The second-order valence-electron chi connectivity index (χ2n) is 5.08. The fourth-order valence-electron chi connectivity index (χ4n) is 1.75. The van der Waals surface area contributed by atoms with E-state index in [1.165, 1.54) is 0 Å². The molecule has 1 aliphatic rings. The van der Waals surface area contributed by atoms with Gasteiger partial charge in [-0.3, -0.25) is 9.59 Å². The molecule has 1 rings (SSSR count). The minimum atomic E-state index is -4.34. The Morgan fingerprint density at radius 2 is 1.89 bits per heavy atom. The molecule has 108 valence electrons. The number of amides is 1. The lowest BCUT2D eigenvalue weighted by molar-refractivity contribution is -0.190. The number of carbonyl (C=O) groups is 2. The minimum absolute atomic E-state index is 0.00442. The number of halogens is 3. The zero-order chi connectivity index (χ0) is 14.7. The van der Waals surface area contributed by atoms with Crippen molar-refractivity contribution in [1.29, 1.82) is 0 Å². The maximum absolute atomic E-state index is 12.6. The van der Waals surface area contributed by atoms with Crippen molar-refractivity contribution in [1.82, 2.24) is 5.32 Å². The molecule has 6 heteroatoms. The molecule has 0 heterocycles. The predicted molar refractivity (Wildman–Crippen MR) is 64.4 cm³/mol. The first-order valence-electron chi connectivity index (χ1n) is 6.17. The van der Waals surface area contributed by atoms with Gasteiger partial charge in [0.1, 0.15) is 0 Å². The van der Waals surface area contributed by atoms with E-state index in [0.29, 0.717) is 0 Å². The first kappa shape index (κ1) is 15.7. The van der Waals surface area contributed by atoms with Crippen molar-refractivity contribution in [3.05, 3.63) is 11.6 Å². The van der Waals surface area contributed by atoms with E-state index in [4.69, 9.17) is 0 Å². The zero-order valence-electron chi connectivity index (χ0n) is 11.1. The largest absolute Gasteiger partial charge is 0.395 e. The Bertz CT molecular complexity index is 395. The van der Waals surface area contributed by atoms with Crippen LogP contribution in [0.1, 0.15) is 39.5 Å². The van der Waals surface area contributed by atoms with E-state index in [2.05, 4.69) is 5.32 Å². The highest BCUT2D eigenvalue weighted by molar-refractivity contribution is 5.87. The third-order valence-electron chi connectivity index (χ3n) is 3.41. The Morgan fingerprint density at radius 1 is 1.32 bits per heavy atom. The Morgan fingerprint density at radius 3 is 2.32 bits per heavy atom. The fraction of sp³-hybridized carbons (Fsp3) is 0.692. The Kier molecular flexibility index (Phi) is 4.76. The summed E-state index contributed by atoms with van der Waals surface area (Å²) < 4.78 is 37.9. The summed E-state index contributed by atoms with van der Waals surface area (Å²) in [6, 6.07) is 0. The average Bonchev–Trinajstić information content (AvgIpc) is 3.06. The van der Waals surface area contributed by atoms with Crippen molar-refractivity contribution in [3.8, 4) is 0 Å². The molecule has 1 amide bonds. The summed E-state index contributed by atoms with van der Waals surface area (Å²) in [7, 11) is 0. The van der Waals surface area contributed by atoms with Crippen molar-refractivity contribution < 1.29 is 22.8 Å². The number of hydrogen-bond donors (Lipinski definition) is 1. The van der Waals surface area contributed by atoms with Crippen LogP contribution in [0.25, 0.3) is 0 Å². The molecule has 19 heavy (non-hydrogen) atoms. The summed E-state index contributed by atoms with van der Waals surface area (Å²) in [5.74, 6) is -0.915. The first-order chi connectivity index (χ1) is 8.70. The summed E-state index contributed by atoms with van der Waals surface area (Å²) in [4.78, 5) is 22.8. The van der Waals surface area contributed by atoms with Gasteiger partial charge < -0.3 is 5.32 Å². The molecule has 0 spiro atoms. The summed E-state index contributed by atoms with van der Waals surface area (Å²) in [5.41, 5.74) is -0.979. The molecule has 1 saturated carbocycles. The van der Waals surface area contributed by atoms with E-state index in [1.807, 2.05) is 0 Å². The molecular formula is C13H18F3NO2. The highest BCUT2D eigenvalue weighted by Gasteiger charge is 2.63. The first-order valence-corrected chi connectivity index (χ1v) is 6.17. The average molecular weight is 277 g/mol. The Balaban J connectivity index is 2.35. The molecule has 0 unspecified atom stereocenters. The van der Waals surface area contributed by atoms with Gasteiger partial charge in [-0.25, -0.2) is 0 Å². The van der Waals surface area contributed by atoms with E-state index in [-0.39, 0.29) is 31.6 Å². The molecule has 3 nitrogen and oxygen atoms in total. The second kappa shape index (κ2) is 5.75. The maximum Gasteiger partial charge on any atom is 0.395 e. The normalized spacial score (nSPS) is 18.1. The number of alkyl halides is 3. The lowest BCUT2D eigenvalue weighted by Crippen LogP contribution is -2.35. The SMILES string of the molecule is C/C=C(\C)CC(=O)CNC(=O)CC1(C(F)(F)F)CC1. The third-order valence-corrected chi connectivity index (χ3v) is 3.41. The number of hydrogen-bond acceptors (Lipinski definition) is 2. The summed E-state index contributed by atoms with van der Waals surface area (Å²) >= 11 is 0. The predicted octanol–water partition coefficient (Wildman–Crippen LogP) is 2.76. The molecule has 0 aromatic rings. The standard InChI is InChI=1S/C13H18F3NO2/c1-3-9(2)6-10(18)8-17-11(19)7-12(4-5-12)13(14,15)16/h3H,4-8H2,1-2H3,(H,17,19)/b9-3+. The molecule has 0 aromatic heterocycles. The zero-order valence-corrected chi connectivity index (χ0v) is 11.1. The van der Waals surface area contributed by atoms with Gasteiger partial charge in [-0.2, -0.15) is 13.2 Å². The van der Waals surface area contributed by atoms with Crippen LogP contribution >= 0.6 is 0 Å². The minimum Gasteiger partial charge on any atom is -0.349 e. The second-order valence-corrected chi connectivity index (χ2v) is 5.08. The monoisotopic (exact) mass is 277 g/mol. The number of rotatable bonds is 6. The van der Waals surface area contributed by atoms with Crippen LogP contribution in [0.3, 0.4) is 0 Å². The molecule has 1 aliphatic carbocycles. The van der Waals surface area contributed by atoms with Crippen molar-refractivity contribution in [2.45, 2.75) is 45.7 Å². The Hall–Kier alpha value is -1.33. The van der Waals surface area contributed by atoms with Gasteiger partial charge in [0, 0.05) is 12.8 Å². The van der Waals surface area contributed by atoms with Crippen molar-refractivity contribution in [2.75, 3.05) is 6.54 Å². The van der Waals surface area contributed by atoms with Crippen LogP contribution in [0.5, 0.6) is 0 Å². The molecule has 0 bridgehead atoms. The quantitative estimate of drug-likeness (QED) is 0.759. The number of ketones is 1. The van der Waals surface area contributed by atoms with E-state index >= 15 is 0 Å². The highest BCUT2D eigenvalue weighted by Crippen LogP contribution is 2.59. The fourth-order valence-corrected chi connectivity index (χ4v) is 1.75. The summed E-state index contributed by atoms with van der Waals surface area (Å²) in [6.45, 7) is 3.36. The summed E-state index contributed by atoms with van der Waals surface area (Å²) in [6.07, 6.45) is -2.93. The van der Waals surface area contributed by atoms with Crippen LogP contribution in [0.4, 0.5) is 13.2 Å². The number of Topliss-reactive ketones (excluding diaryl/α,β-unsaturated/α-hetero) is 1. The van der Waals surface area contributed by atoms with Gasteiger partial charge in [0.25, 0.3) is 0 Å². The van der Waals surface area contributed by atoms with E-state index in [0.717, 1.165) is 5.57 Å².